The van der Waals surface area contributed by atoms with Gasteiger partial charge in [0.15, 0.2) is 0 Å². The fourth-order valence-electron chi connectivity index (χ4n) is 1.93. The van der Waals surface area contributed by atoms with Gasteiger partial charge in [-0.15, -0.1) is 0 Å². The minimum Gasteiger partial charge on any atom is -0.393 e. The van der Waals surface area contributed by atoms with Crippen molar-refractivity contribution in [2.75, 3.05) is 13.1 Å². The van der Waals surface area contributed by atoms with E-state index in [0.29, 0.717) is 4.99 Å². The van der Waals surface area contributed by atoms with Gasteiger partial charge in [-0.1, -0.05) is 18.6 Å². The molecule has 0 bridgehead atoms. The summed E-state index contributed by atoms with van der Waals surface area (Å²) in [5.41, 5.74) is 5.69. The first-order valence-electron chi connectivity index (χ1n) is 5.32. The molecule has 82 valence electrons. The first-order valence-corrected chi connectivity index (χ1v) is 5.73. The smallest absolute Gasteiger partial charge is 0.0902 e. The summed E-state index contributed by atoms with van der Waals surface area (Å²) in [5, 5.41) is 9.22. The zero-order valence-corrected chi connectivity index (χ0v) is 9.59. The monoisotopic (exact) mass is 216 g/mol. The Labute approximate surface area is 91.3 Å². The fourth-order valence-corrected chi connectivity index (χ4v) is 2.20. The predicted octanol–water partition coefficient (Wildman–Crippen LogP) is 0.898. The Morgan fingerprint density at radius 3 is 2.93 bits per heavy atom. The van der Waals surface area contributed by atoms with Crippen LogP contribution in [0.4, 0.5) is 0 Å². The zero-order chi connectivity index (χ0) is 10.6. The number of thiocarbonyl (C=S) groups is 1. The van der Waals surface area contributed by atoms with Crippen LogP contribution in [0.2, 0.25) is 0 Å². The van der Waals surface area contributed by atoms with Crippen molar-refractivity contribution in [1.29, 1.82) is 0 Å². The Morgan fingerprint density at radius 2 is 2.36 bits per heavy atom. The van der Waals surface area contributed by atoms with Gasteiger partial charge in [0, 0.05) is 6.54 Å². The minimum atomic E-state index is -0.232. The third-order valence-electron chi connectivity index (χ3n) is 2.78. The number of likely N-dealkylation sites (tertiary alicyclic amines) is 1. The number of aliphatic hydroxyl groups excluding tert-OH is 1. The molecule has 3 nitrogen and oxygen atoms in total. The summed E-state index contributed by atoms with van der Waals surface area (Å²) in [4.78, 5) is 2.91. The molecule has 0 spiro atoms. The normalized spacial score (nSPS) is 26.0. The van der Waals surface area contributed by atoms with Gasteiger partial charge in [-0.3, -0.25) is 4.90 Å². The van der Waals surface area contributed by atoms with Crippen molar-refractivity contribution in [1.82, 2.24) is 4.90 Å². The molecule has 1 rings (SSSR count). The van der Waals surface area contributed by atoms with Gasteiger partial charge < -0.3 is 10.8 Å². The van der Waals surface area contributed by atoms with E-state index in [9.17, 15) is 5.11 Å². The largest absolute Gasteiger partial charge is 0.393 e. The zero-order valence-electron chi connectivity index (χ0n) is 8.78. The van der Waals surface area contributed by atoms with Crippen molar-refractivity contribution in [3.8, 4) is 0 Å². The molecule has 4 heteroatoms. The van der Waals surface area contributed by atoms with Crippen LogP contribution in [0.1, 0.15) is 32.6 Å². The average Bonchev–Trinajstić information content (AvgIpc) is 2.15. The first-order chi connectivity index (χ1) is 6.61. The standard InChI is InChI=1S/C10H20N2OS/c1-8(13)5-7-12-6-3-2-4-9(12)10(11)14/h8-9,13H,2-7H2,1H3,(H2,11,14). The van der Waals surface area contributed by atoms with E-state index in [-0.39, 0.29) is 12.1 Å². The third kappa shape index (κ3) is 3.52. The molecular formula is C10H20N2OS. The van der Waals surface area contributed by atoms with Gasteiger partial charge in [0.25, 0.3) is 0 Å². The molecule has 1 aliphatic rings. The van der Waals surface area contributed by atoms with Gasteiger partial charge in [-0.2, -0.15) is 0 Å². The maximum atomic E-state index is 9.22. The highest BCUT2D eigenvalue weighted by molar-refractivity contribution is 7.80. The Balaban J connectivity index is 2.42. The SMILES string of the molecule is CC(O)CCN1CCCCC1C(N)=S. The number of nitrogens with zero attached hydrogens (tertiary/aromatic N) is 1. The summed E-state index contributed by atoms with van der Waals surface area (Å²) in [6, 6.07) is 0.262. The van der Waals surface area contributed by atoms with E-state index in [1.54, 1.807) is 0 Å². The molecule has 2 atom stereocenters. The molecule has 1 aliphatic heterocycles. The molecule has 0 saturated carbocycles. The molecule has 0 aromatic carbocycles. The van der Waals surface area contributed by atoms with Crippen molar-refractivity contribution in [2.24, 2.45) is 5.73 Å². The lowest BCUT2D eigenvalue weighted by Gasteiger charge is -2.35. The van der Waals surface area contributed by atoms with Crippen LogP contribution in [-0.2, 0) is 0 Å². The molecule has 2 unspecified atom stereocenters. The number of nitrogens with two attached hydrogens (primary N) is 1. The van der Waals surface area contributed by atoms with E-state index < -0.39 is 0 Å². The summed E-state index contributed by atoms with van der Waals surface area (Å²) in [7, 11) is 0. The number of hydrogen-bond donors (Lipinski definition) is 2. The highest BCUT2D eigenvalue weighted by Crippen LogP contribution is 2.17. The molecule has 0 amide bonds. The number of piperidine rings is 1. The molecule has 1 saturated heterocycles. The van der Waals surface area contributed by atoms with Crippen LogP contribution < -0.4 is 5.73 Å². The number of rotatable bonds is 4. The van der Waals surface area contributed by atoms with Gasteiger partial charge in [0.05, 0.1) is 17.1 Å². The Morgan fingerprint density at radius 1 is 1.64 bits per heavy atom. The van der Waals surface area contributed by atoms with Gasteiger partial charge in [0.1, 0.15) is 0 Å². The summed E-state index contributed by atoms with van der Waals surface area (Å²) in [6.45, 7) is 3.79. The van der Waals surface area contributed by atoms with Crippen molar-refractivity contribution >= 4 is 17.2 Å². The minimum absolute atomic E-state index is 0.232. The van der Waals surface area contributed by atoms with Crippen LogP contribution >= 0.6 is 12.2 Å². The summed E-state index contributed by atoms with van der Waals surface area (Å²) < 4.78 is 0. The average molecular weight is 216 g/mol. The summed E-state index contributed by atoms with van der Waals surface area (Å²) in [6.07, 6.45) is 4.09. The van der Waals surface area contributed by atoms with E-state index >= 15 is 0 Å². The van der Waals surface area contributed by atoms with E-state index in [4.69, 9.17) is 18.0 Å². The second-order valence-electron chi connectivity index (χ2n) is 4.09. The second-order valence-corrected chi connectivity index (χ2v) is 4.56. The van der Waals surface area contributed by atoms with Crippen LogP contribution in [0.5, 0.6) is 0 Å². The van der Waals surface area contributed by atoms with Gasteiger partial charge in [0.2, 0.25) is 0 Å². The van der Waals surface area contributed by atoms with Crippen LogP contribution in [-0.4, -0.2) is 40.2 Å². The molecule has 0 aromatic rings. The lowest BCUT2D eigenvalue weighted by molar-refractivity contribution is 0.133. The summed E-state index contributed by atoms with van der Waals surface area (Å²) in [5.74, 6) is 0. The van der Waals surface area contributed by atoms with Crippen molar-refractivity contribution in [3.63, 3.8) is 0 Å². The third-order valence-corrected chi connectivity index (χ3v) is 3.05. The number of aliphatic hydroxyl groups is 1. The van der Waals surface area contributed by atoms with Crippen molar-refractivity contribution in [2.45, 2.75) is 44.8 Å². The van der Waals surface area contributed by atoms with Crippen LogP contribution in [0, 0.1) is 0 Å². The van der Waals surface area contributed by atoms with Crippen molar-refractivity contribution < 1.29 is 5.11 Å². The molecule has 0 aliphatic carbocycles. The maximum Gasteiger partial charge on any atom is 0.0902 e. The van der Waals surface area contributed by atoms with E-state index in [2.05, 4.69) is 4.90 Å². The van der Waals surface area contributed by atoms with E-state index in [0.717, 1.165) is 25.9 Å². The topological polar surface area (TPSA) is 49.5 Å². The lowest BCUT2D eigenvalue weighted by atomic mass is 10.0. The number of hydrogen-bond acceptors (Lipinski definition) is 3. The van der Waals surface area contributed by atoms with Gasteiger partial charge in [-0.25, -0.2) is 0 Å². The Kier molecular flexibility index (Phi) is 4.78. The second kappa shape index (κ2) is 5.63. The molecule has 1 fully saturated rings. The molecule has 0 aromatic heterocycles. The van der Waals surface area contributed by atoms with Gasteiger partial charge >= 0.3 is 0 Å². The molecule has 3 N–H and O–H groups in total. The van der Waals surface area contributed by atoms with E-state index in [1.807, 2.05) is 6.92 Å². The van der Waals surface area contributed by atoms with E-state index in [1.165, 1.54) is 12.8 Å². The Hall–Kier alpha value is -0.190. The predicted molar refractivity (Wildman–Crippen MR) is 62.3 cm³/mol. The lowest BCUT2D eigenvalue weighted by Crippen LogP contribution is -2.47. The molecule has 0 radical (unpaired) electrons. The van der Waals surface area contributed by atoms with Crippen LogP contribution in [0.25, 0.3) is 0 Å². The fraction of sp³-hybridized carbons (Fsp3) is 0.900. The molecule has 14 heavy (non-hydrogen) atoms. The Bertz CT molecular complexity index is 197. The molecule has 1 heterocycles. The van der Waals surface area contributed by atoms with Crippen LogP contribution in [0.3, 0.4) is 0 Å². The quantitative estimate of drug-likeness (QED) is 0.686. The highest BCUT2D eigenvalue weighted by atomic mass is 32.1. The van der Waals surface area contributed by atoms with Crippen LogP contribution in [0.15, 0.2) is 0 Å². The molecular weight excluding hydrogens is 196 g/mol. The highest BCUT2D eigenvalue weighted by Gasteiger charge is 2.24. The van der Waals surface area contributed by atoms with Gasteiger partial charge in [-0.05, 0) is 32.7 Å². The summed E-state index contributed by atoms with van der Waals surface area (Å²) >= 11 is 5.05. The maximum absolute atomic E-state index is 9.22. The first kappa shape index (κ1) is 11.9. The van der Waals surface area contributed by atoms with Crippen molar-refractivity contribution in [3.05, 3.63) is 0 Å².